The number of aryl methyl sites for hydroxylation is 4. The summed E-state index contributed by atoms with van der Waals surface area (Å²) >= 11 is 0. The van der Waals surface area contributed by atoms with Crippen molar-refractivity contribution in [2.75, 3.05) is 43.4 Å². The number of hydrogen-bond acceptors (Lipinski definition) is 6. The number of benzene rings is 1. The first-order chi connectivity index (χ1) is 14.9. The number of amides is 1. The molecule has 1 saturated heterocycles. The van der Waals surface area contributed by atoms with Crippen LogP contribution < -0.4 is 15.5 Å². The van der Waals surface area contributed by atoms with E-state index < -0.39 is 6.17 Å². The molecule has 164 valence electrons. The minimum Gasteiger partial charge on any atom is -0.369 e. The van der Waals surface area contributed by atoms with Crippen LogP contribution >= 0.6 is 0 Å². The lowest BCUT2D eigenvalue weighted by molar-refractivity contribution is -0.110. The van der Waals surface area contributed by atoms with Gasteiger partial charge in [0.1, 0.15) is 11.9 Å². The largest absolute Gasteiger partial charge is 0.369 e. The molecule has 1 aromatic carbocycles. The Kier molecular flexibility index (Phi) is 5.82. The predicted molar refractivity (Wildman–Crippen MR) is 124 cm³/mol. The van der Waals surface area contributed by atoms with Gasteiger partial charge in [-0.25, -0.2) is 4.52 Å². The van der Waals surface area contributed by atoms with Crippen LogP contribution in [0.25, 0.3) is 5.52 Å². The van der Waals surface area contributed by atoms with Crippen molar-refractivity contribution in [1.29, 1.82) is 0 Å². The summed E-state index contributed by atoms with van der Waals surface area (Å²) in [6, 6.07) is 6.42. The van der Waals surface area contributed by atoms with Crippen molar-refractivity contribution < 1.29 is 4.79 Å². The van der Waals surface area contributed by atoms with Gasteiger partial charge in [0.15, 0.2) is 0 Å². The molecule has 2 N–H and O–H groups in total. The topological polar surface area (TPSA) is 77.8 Å². The third kappa shape index (κ3) is 4.34. The van der Waals surface area contributed by atoms with Gasteiger partial charge in [-0.05, 0) is 64.1 Å². The number of carbonyl (C=O) groups is 1. The fraction of sp³-hybridized carbons (Fsp3) is 0.435. The second kappa shape index (κ2) is 8.55. The van der Waals surface area contributed by atoms with E-state index in [0.29, 0.717) is 6.41 Å². The average Bonchev–Trinajstić information content (AvgIpc) is 3.14. The summed E-state index contributed by atoms with van der Waals surface area (Å²) in [7, 11) is 2.17. The Balaban J connectivity index is 1.62. The highest BCUT2D eigenvalue weighted by Crippen LogP contribution is 2.30. The van der Waals surface area contributed by atoms with Crippen molar-refractivity contribution in [2.24, 2.45) is 0 Å². The lowest BCUT2D eigenvalue weighted by Crippen LogP contribution is -2.44. The molecule has 1 aliphatic heterocycles. The van der Waals surface area contributed by atoms with Crippen molar-refractivity contribution in [3.63, 3.8) is 0 Å². The molecule has 4 rings (SSSR count). The van der Waals surface area contributed by atoms with Crippen molar-refractivity contribution in [3.05, 3.63) is 52.6 Å². The summed E-state index contributed by atoms with van der Waals surface area (Å²) in [6.07, 6.45) is 2.16. The molecule has 0 aliphatic carbocycles. The molecule has 8 heteroatoms. The Hall–Kier alpha value is -3.13. The number of nitrogens with zero attached hydrogens (tertiary/aromatic N) is 5. The minimum atomic E-state index is -0.441. The molecule has 0 radical (unpaired) electrons. The van der Waals surface area contributed by atoms with Gasteiger partial charge in [-0.3, -0.25) is 9.78 Å². The van der Waals surface area contributed by atoms with Crippen LogP contribution in [0.4, 0.5) is 11.4 Å². The number of piperazine rings is 1. The van der Waals surface area contributed by atoms with E-state index in [0.717, 1.165) is 65.6 Å². The minimum absolute atomic E-state index is 0.441. The van der Waals surface area contributed by atoms with E-state index in [9.17, 15) is 4.79 Å². The number of nitrogens with one attached hydrogen (secondary N) is 2. The Morgan fingerprint density at radius 2 is 1.71 bits per heavy atom. The maximum atomic E-state index is 11.4. The molecule has 3 heterocycles. The van der Waals surface area contributed by atoms with E-state index >= 15 is 0 Å². The van der Waals surface area contributed by atoms with Gasteiger partial charge in [-0.2, -0.15) is 5.10 Å². The normalized spacial score (nSPS) is 15.8. The zero-order valence-corrected chi connectivity index (χ0v) is 18.9. The second-order valence-corrected chi connectivity index (χ2v) is 8.47. The Labute approximate surface area is 183 Å². The smallest absolute Gasteiger partial charge is 0.209 e. The number of likely N-dealkylation sites (N-methyl/N-ethyl adjacent to an activating group) is 1. The summed E-state index contributed by atoms with van der Waals surface area (Å²) in [4.78, 5) is 20.7. The van der Waals surface area contributed by atoms with Crippen molar-refractivity contribution in [3.8, 4) is 0 Å². The molecule has 8 nitrogen and oxygen atoms in total. The van der Waals surface area contributed by atoms with Gasteiger partial charge < -0.3 is 20.4 Å². The zero-order valence-electron chi connectivity index (χ0n) is 18.9. The second-order valence-electron chi connectivity index (χ2n) is 8.47. The molecular formula is C23H31N7O. The monoisotopic (exact) mass is 421 g/mol. The summed E-state index contributed by atoms with van der Waals surface area (Å²) in [6.45, 7) is 12.3. The lowest BCUT2D eigenvalue weighted by Gasteiger charge is -2.34. The quantitative estimate of drug-likeness (QED) is 0.471. The van der Waals surface area contributed by atoms with Crippen LogP contribution in [-0.2, 0) is 4.79 Å². The molecule has 1 aliphatic rings. The fourth-order valence-electron chi connectivity index (χ4n) is 4.28. The zero-order chi connectivity index (χ0) is 22.1. The Bertz CT molecular complexity index is 1080. The summed E-state index contributed by atoms with van der Waals surface area (Å²) in [5, 5.41) is 11.1. The number of fused-ring (bicyclic) bond motifs is 1. The predicted octanol–water partition coefficient (Wildman–Crippen LogP) is 2.57. The van der Waals surface area contributed by atoms with Gasteiger partial charge in [0.05, 0.1) is 23.1 Å². The number of hydrogen-bond donors (Lipinski definition) is 2. The molecule has 1 atom stereocenters. The van der Waals surface area contributed by atoms with E-state index in [-0.39, 0.29) is 0 Å². The van der Waals surface area contributed by atoms with E-state index in [1.807, 2.05) is 30.6 Å². The third-order valence-electron chi connectivity index (χ3n) is 5.98. The van der Waals surface area contributed by atoms with Crippen LogP contribution in [-0.4, -0.2) is 59.1 Å². The van der Waals surface area contributed by atoms with Gasteiger partial charge in [-0.15, -0.1) is 0 Å². The molecule has 0 spiro atoms. The molecule has 31 heavy (non-hydrogen) atoms. The number of aromatic nitrogens is 3. The molecule has 3 aromatic rings. The van der Waals surface area contributed by atoms with E-state index in [2.05, 4.69) is 63.5 Å². The third-order valence-corrected chi connectivity index (χ3v) is 5.98. The van der Waals surface area contributed by atoms with E-state index in [4.69, 9.17) is 0 Å². The van der Waals surface area contributed by atoms with Gasteiger partial charge in [0, 0.05) is 37.6 Å². The van der Waals surface area contributed by atoms with Gasteiger partial charge >= 0.3 is 0 Å². The number of rotatable bonds is 6. The van der Waals surface area contributed by atoms with E-state index in [1.54, 1.807) is 0 Å². The first kappa shape index (κ1) is 21.1. The molecular weight excluding hydrogens is 390 g/mol. The molecule has 0 bridgehead atoms. The van der Waals surface area contributed by atoms with Crippen molar-refractivity contribution >= 4 is 23.3 Å². The van der Waals surface area contributed by atoms with Crippen LogP contribution in [0.15, 0.2) is 24.4 Å². The van der Waals surface area contributed by atoms with E-state index in [1.165, 1.54) is 5.69 Å². The highest BCUT2D eigenvalue weighted by Gasteiger charge is 2.20. The van der Waals surface area contributed by atoms with Gasteiger partial charge in [0.25, 0.3) is 0 Å². The highest BCUT2D eigenvalue weighted by molar-refractivity contribution is 5.66. The van der Waals surface area contributed by atoms with Gasteiger partial charge in [0.2, 0.25) is 6.41 Å². The first-order valence-electron chi connectivity index (χ1n) is 10.7. The molecule has 1 unspecified atom stereocenters. The lowest BCUT2D eigenvalue weighted by atomic mass is 10.1. The van der Waals surface area contributed by atoms with Crippen LogP contribution in [0.2, 0.25) is 0 Å². The van der Waals surface area contributed by atoms with Crippen LogP contribution in [0.3, 0.4) is 0 Å². The molecule has 1 amide bonds. The van der Waals surface area contributed by atoms with Gasteiger partial charge in [-0.1, -0.05) is 0 Å². The number of anilines is 2. The van der Waals surface area contributed by atoms with Crippen LogP contribution in [0, 0.1) is 27.7 Å². The standard InChI is InChI=1S/C23H31N7O/c1-15-10-19(29-8-6-28(5)7-9-29)11-16(2)22(15)26-23(24-14-31)20-12-21-18(4)25-17(3)13-30(21)27-20/h10-14,23,26H,6-9H2,1-5H3,(H,24,31). The molecule has 0 saturated carbocycles. The molecule has 2 aromatic heterocycles. The first-order valence-corrected chi connectivity index (χ1v) is 10.7. The Morgan fingerprint density at radius 3 is 2.35 bits per heavy atom. The summed E-state index contributed by atoms with van der Waals surface area (Å²) < 4.78 is 1.82. The highest BCUT2D eigenvalue weighted by atomic mass is 16.1. The maximum Gasteiger partial charge on any atom is 0.209 e. The summed E-state index contributed by atoms with van der Waals surface area (Å²) in [5.41, 5.74) is 8.03. The SMILES string of the molecule is Cc1cn2nc(C(NC=O)Nc3c(C)cc(N4CCN(C)CC4)cc3C)cc2c(C)n1. The summed E-state index contributed by atoms with van der Waals surface area (Å²) in [5.74, 6) is 0. The number of carbonyl (C=O) groups excluding carboxylic acids is 1. The van der Waals surface area contributed by atoms with Crippen LogP contribution in [0.1, 0.15) is 34.4 Å². The Morgan fingerprint density at radius 1 is 1.03 bits per heavy atom. The fourth-order valence-corrected chi connectivity index (χ4v) is 4.28. The average molecular weight is 422 g/mol. The van der Waals surface area contributed by atoms with Crippen molar-refractivity contribution in [1.82, 2.24) is 24.8 Å². The van der Waals surface area contributed by atoms with Crippen molar-refractivity contribution in [2.45, 2.75) is 33.9 Å². The maximum absolute atomic E-state index is 11.4. The molecule has 1 fully saturated rings. The van der Waals surface area contributed by atoms with Crippen LogP contribution in [0.5, 0.6) is 0 Å².